The number of halogens is 2. The number of nitrogens with one attached hydrogen (secondary N) is 5. The molecule has 0 radical (unpaired) electrons. The summed E-state index contributed by atoms with van der Waals surface area (Å²) in [6.07, 6.45) is 15.6. The zero-order chi connectivity index (χ0) is 96.1. The topological polar surface area (TPSA) is 278 Å². The van der Waals surface area contributed by atoms with Crippen LogP contribution in [0.4, 0.5) is 13.6 Å². The summed E-state index contributed by atoms with van der Waals surface area (Å²) in [6, 6.07) is 26.6. The highest BCUT2D eigenvalue weighted by Crippen LogP contribution is 2.49. The number of fused-ring (bicyclic) bond motifs is 12. The molecule has 6 saturated heterocycles. The Balaban J connectivity index is 0.728. The van der Waals surface area contributed by atoms with E-state index in [1.165, 1.54) is 5.01 Å². The van der Waals surface area contributed by atoms with Crippen molar-refractivity contribution in [1.82, 2.24) is 70.6 Å². The first kappa shape index (κ1) is 97.2. The molecule has 734 valence electrons. The smallest absolute Gasteiger partial charge is 0.410 e. The van der Waals surface area contributed by atoms with Crippen molar-refractivity contribution >= 4 is 63.5 Å². The molecule has 8 fully saturated rings. The predicted molar refractivity (Wildman–Crippen MR) is 523 cm³/mol. The monoisotopic (exact) mass is 1880 g/mol. The van der Waals surface area contributed by atoms with E-state index in [9.17, 15) is 9.59 Å². The summed E-state index contributed by atoms with van der Waals surface area (Å²) in [5, 5.41) is 15.3. The Labute approximate surface area is 805 Å². The maximum atomic E-state index is 16.8. The molecule has 12 heterocycles. The molecule has 5 N–H and O–H groups in total. The van der Waals surface area contributed by atoms with Crippen LogP contribution in [0.25, 0.3) is 66.6 Å². The van der Waals surface area contributed by atoms with Gasteiger partial charge in [0.2, 0.25) is 11.8 Å². The number of cyclic esters (lactones) is 2. The van der Waals surface area contributed by atoms with Crippen molar-refractivity contribution in [3.63, 3.8) is 0 Å². The molecule has 10 aliphatic rings. The van der Waals surface area contributed by atoms with E-state index in [1.54, 1.807) is 42.6 Å². The summed E-state index contributed by atoms with van der Waals surface area (Å²) in [7, 11) is 3.34. The normalized spacial score (nSPS) is 25.3. The van der Waals surface area contributed by atoms with Gasteiger partial charge in [0.25, 0.3) is 11.8 Å². The molecule has 5 amide bonds. The van der Waals surface area contributed by atoms with Crippen LogP contribution in [0.1, 0.15) is 229 Å². The summed E-state index contributed by atoms with van der Waals surface area (Å²) in [6.45, 7) is 25.4. The first-order chi connectivity index (χ1) is 65.8. The van der Waals surface area contributed by atoms with Crippen molar-refractivity contribution in [2.75, 3.05) is 92.9 Å². The third-order valence-electron chi connectivity index (χ3n) is 31.8. The third-order valence-corrected chi connectivity index (χ3v) is 31.8. The van der Waals surface area contributed by atoms with Crippen LogP contribution in [0.5, 0.6) is 0 Å². The number of hydrogen-bond acceptors (Lipinski definition) is 19. The lowest BCUT2D eigenvalue weighted by atomic mass is 9.84. The van der Waals surface area contributed by atoms with Crippen LogP contribution in [0.2, 0.25) is 0 Å². The number of nitrogens with zero attached hydrogens (tertiary/aromatic N) is 9. The standard InChI is InChI=1S/C109H142F2N14O12/c1-13-122-90-30-28-76-54-82(90)84(96(122)80-25-18-37-113-92(80)67(2)133-11)56-106(7,8)66-136-103(131)89-51-69(60-125(118-89)101(129)88(53-71-46-73(59-111)49-78(76)48-71)116-98(126)94(74-21-14-15-22-74)119-42-34-108(62-119)33-39-112-61-108)32-41-123-91-31-29-77-55-83(91)85(97(123)81-26-19-38-114-93(81)68(3)134-12)57-107(9,10)65-135-102(130)86-27-20-40-124(117-86)100(128)87(52-70-45-72(58-110)50-79(77)47-70)115-99(127)95(75-23-16-17-24-75)120-43-35-109(63-120)36-44-121(64-109)104(132)137-105(4,5)6/h18-19,25-26,28-31,37-38,45-50,54-55,67-69,74-75,86-89,94-95,112,117-118H,13-17,20-24,27,32-36,39-44,51-53,56-66H2,1-12H3,(H,115,127)(H,116,126)/t67-,68-,69?,86-,87-,88-,89-,94-,95-,108-,109-/m0/s1. The molecule has 2 aliphatic carbocycles. The number of benzene rings is 4. The van der Waals surface area contributed by atoms with Crippen LogP contribution in [-0.4, -0.2) is 220 Å². The maximum absolute atomic E-state index is 16.8. The number of alkyl halides is 2. The zero-order valence-corrected chi connectivity index (χ0v) is 82.4. The fourth-order valence-corrected chi connectivity index (χ4v) is 24.8. The molecule has 28 heteroatoms. The van der Waals surface area contributed by atoms with E-state index in [-0.39, 0.29) is 92.2 Å². The second-order valence-corrected chi connectivity index (χ2v) is 44.2. The number of likely N-dealkylation sites (tertiary alicyclic amines) is 3. The molecule has 4 aromatic carbocycles. The number of carbonyl (C=O) groups excluding carboxylic acids is 7. The molecule has 8 aliphatic heterocycles. The molecule has 2 saturated carbocycles. The molecule has 137 heavy (non-hydrogen) atoms. The molecular formula is C109H142F2N14O12. The van der Waals surface area contributed by atoms with Crippen molar-refractivity contribution in [1.29, 1.82) is 0 Å². The number of hydrogen-bond donors (Lipinski definition) is 5. The lowest BCUT2D eigenvalue weighted by Crippen LogP contribution is -2.63. The highest BCUT2D eigenvalue weighted by Gasteiger charge is 2.52. The Hall–Kier alpha value is -10.1. The van der Waals surface area contributed by atoms with Gasteiger partial charge < -0.3 is 53.7 Å². The highest BCUT2D eigenvalue weighted by molar-refractivity contribution is 5.98. The molecular weight excluding hydrogens is 1740 g/mol. The first-order valence-corrected chi connectivity index (χ1v) is 50.7. The molecule has 4 aromatic heterocycles. The van der Waals surface area contributed by atoms with Crippen molar-refractivity contribution in [2.45, 2.75) is 278 Å². The van der Waals surface area contributed by atoms with E-state index in [0.717, 1.165) is 181 Å². The highest BCUT2D eigenvalue weighted by atomic mass is 19.1. The number of hydrazine groups is 2. The number of esters is 2. The maximum Gasteiger partial charge on any atom is 0.410 e. The molecule has 2 spiro atoms. The minimum absolute atomic E-state index is 0.00348. The average Bonchev–Trinajstić information content (AvgIpc) is 1.58. The summed E-state index contributed by atoms with van der Waals surface area (Å²) >= 11 is 0. The molecule has 18 rings (SSSR count). The van der Waals surface area contributed by atoms with Gasteiger partial charge in [-0.15, -0.1) is 0 Å². The van der Waals surface area contributed by atoms with E-state index in [0.29, 0.717) is 105 Å². The van der Waals surface area contributed by atoms with Crippen LogP contribution < -0.4 is 26.8 Å². The number of carbonyl (C=O) groups is 7. The Bertz CT molecular complexity index is 5830. The van der Waals surface area contributed by atoms with Gasteiger partial charge in [0.15, 0.2) is 0 Å². The SMILES string of the molecule is CCn1c(-c2cccnc2[C@H](C)OC)c2c3cc(ccc31)-c1cc(CF)cc(c1)C[C@H](NC(=O)[C@H](C1CCCC1)N1CC[C@]3(CCNC3)C1)C(=O)N1CC(CCn3c(-c4cccnc4[C@H](C)OC)c4c5cc(ccc53)-c3cc(CF)cc(c3)C[C@H](NC(=O)[C@H](C3CCCC3)N3CC[C@]5(CCN(C(=O)OC(C)(C)C)C5)C3)C(=O)N3CCC[C@H](N3)C(=O)OCC(C)(C)C4)C[C@H](N1)C(=O)OCC(C)(C)C2. The van der Waals surface area contributed by atoms with Gasteiger partial charge in [-0.25, -0.2) is 24.4 Å². The van der Waals surface area contributed by atoms with Gasteiger partial charge in [-0.05, 0) is 291 Å². The summed E-state index contributed by atoms with van der Waals surface area (Å²) < 4.78 is 68.0. The van der Waals surface area contributed by atoms with Gasteiger partial charge in [-0.2, -0.15) is 0 Å². The number of amides is 5. The van der Waals surface area contributed by atoms with Gasteiger partial charge in [0.05, 0.1) is 60.3 Å². The molecule has 26 nitrogen and oxygen atoms in total. The van der Waals surface area contributed by atoms with Crippen molar-refractivity contribution in [2.24, 2.45) is 39.4 Å². The first-order valence-electron chi connectivity index (χ1n) is 50.7. The molecule has 1 unspecified atom stereocenters. The van der Waals surface area contributed by atoms with Gasteiger partial charge in [-0.3, -0.25) is 58.6 Å². The number of pyridine rings is 2. The van der Waals surface area contributed by atoms with E-state index >= 15 is 32.8 Å². The molecule has 11 atom stereocenters. The van der Waals surface area contributed by atoms with Gasteiger partial charge in [0, 0.05) is 148 Å². The van der Waals surface area contributed by atoms with E-state index in [4.69, 9.17) is 33.7 Å². The summed E-state index contributed by atoms with van der Waals surface area (Å²) in [4.78, 5) is 125. The van der Waals surface area contributed by atoms with Crippen LogP contribution in [0, 0.1) is 39.4 Å². The van der Waals surface area contributed by atoms with Crippen LogP contribution in [-0.2, 0) is 105 Å². The van der Waals surface area contributed by atoms with Crippen LogP contribution in [0.15, 0.2) is 109 Å². The average molecular weight is 1880 g/mol. The fourth-order valence-electron chi connectivity index (χ4n) is 24.8. The van der Waals surface area contributed by atoms with Gasteiger partial charge >= 0.3 is 18.0 Å². The predicted octanol–water partition coefficient (Wildman–Crippen LogP) is 16.2. The minimum Gasteiger partial charge on any atom is -0.464 e. The van der Waals surface area contributed by atoms with Gasteiger partial charge in [0.1, 0.15) is 43.1 Å². The third kappa shape index (κ3) is 20.7. The number of rotatable bonds is 20. The van der Waals surface area contributed by atoms with Crippen molar-refractivity contribution in [3.8, 4) is 44.8 Å². The minimum atomic E-state index is -1.20. The lowest BCUT2D eigenvalue weighted by Gasteiger charge is -2.40. The largest absolute Gasteiger partial charge is 0.464 e. The number of ether oxygens (including phenoxy) is 5. The Morgan fingerprint density at radius 1 is 0.577 bits per heavy atom. The van der Waals surface area contributed by atoms with Gasteiger partial charge in [-0.1, -0.05) is 89.8 Å². The van der Waals surface area contributed by atoms with Crippen molar-refractivity contribution in [3.05, 3.63) is 154 Å². The van der Waals surface area contributed by atoms with E-state index in [1.807, 2.05) is 83.1 Å². The number of aromatic nitrogens is 4. The second kappa shape index (κ2) is 40.3. The quantitative estimate of drug-likeness (QED) is 0.0350. The Kier molecular flexibility index (Phi) is 28.6. The summed E-state index contributed by atoms with van der Waals surface area (Å²) in [5.41, 5.74) is 18.2. The van der Waals surface area contributed by atoms with Crippen molar-refractivity contribution < 1.29 is 66.0 Å². The molecule has 12 bridgehead atoms. The Morgan fingerprint density at radius 2 is 1.08 bits per heavy atom. The lowest BCUT2D eigenvalue weighted by molar-refractivity contribution is -0.157. The zero-order valence-electron chi connectivity index (χ0n) is 82.4. The van der Waals surface area contributed by atoms with E-state index < -0.39 is 102 Å². The fraction of sp³-hybridized carbons (Fsp3) is 0.587. The number of methoxy groups -OCH3 is 2. The number of aryl methyl sites for hydroxylation is 2. The Morgan fingerprint density at radius 3 is 1.60 bits per heavy atom. The second-order valence-electron chi connectivity index (χ2n) is 44.2. The van der Waals surface area contributed by atoms with Crippen LogP contribution in [0.3, 0.4) is 0 Å². The van der Waals surface area contributed by atoms with Crippen LogP contribution >= 0.6 is 0 Å². The molecule has 8 aromatic rings. The van der Waals surface area contributed by atoms with E-state index in [2.05, 4.69) is 123 Å². The summed E-state index contributed by atoms with van der Waals surface area (Å²) in [5.74, 6) is -2.77.